The Hall–Kier alpha value is -2.54. The molecular weight excluding hydrogens is 376 g/mol. The second-order valence-electron chi connectivity index (χ2n) is 6.62. The number of sulfonamides is 1. The summed E-state index contributed by atoms with van der Waals surface area (Å²) in [5.74, 6) is 0.343. The number of hydrogen-bond acceptors (Lipinski definition) is 4. The first kappa shape index (κ1) is 21.8. The van der Waals surface area contributed by atoms with Crippen molar-refractivity contribution in [1.29, 1.82) is 0 Å². The fourth-order valence-corrected chi connectivity index (χ4v) is 3.29. The van der Waals surface area contributed by atoms with Gasteiger partial charge in [0.25, 0.3) is 5.91 Å². The first-order valence-electron chi connectivity index (χ1n) is 9.32. The predicted molar refractivity (Wildman–Crippen MR) is 112 cm³/mol. The Labute approximate surface area is 167 Å². The summed E-state index contributed by atoms with van der Waals surface area (Å²) < 4.78 is 30.3. The Morgan fingerprint density at radius 1 is 1.04 bits per heavy atom. The van der Waals surface area contributed by atoms with E-state index in [-0.39, 0.29) is 11.9 Å². The van der Waals surface area contributed by atoms with Crippen LogP contribution in [0.3, 0.4) is 0 Å². The molecule has 0 heterocycles. The summed E-state index contributed by atoms with van der Waals surface area (Å²) in [7, 11) is -1.84. The molecule has 152 valence electrons. The van der Waals surface area contributed by atoms with Crippen molar-refractivity contribution in [1.82, 2.24) is 5.32 Å². The maximum atomic E-state index is 12.7. The standard InChI is InChI=1S/C21H28N2O4S/c1-5-19(16-10-8-7-9-11-16)22-21(24)20(6-2)27-18-14-12-17(13-15-18)23(3)28(4,25)26/h7-15,19-20H,5-6H2,1-4H3,(H,22,24). The molecule has 2 aromatic rings. The number of rotatable bonds is 9. The lowest BCUT2D eigenvalue weighted by Gasteiger charge is -2.23. The van der Waals surface area contributed by atoms with Gasteiger partial charge in [0, 0.05) is 7.05 Å². The van der Waals surface area contributed by atoms with Crippen LogP contribution in [-0.2, 0) is 14.8 Å². The predicted octanol–water partition coefficient (Wildman–Crippen LogP) is 3.51. The lowest BCUT2D eigenvalue weighted by molar-refractivity contribution is -0.128. The van der Waals surface area contributed by atoms with Gasteiger partial charge in [-0.2, -0.15) is 0 Å². The number of benzene rings is 2. The Bertz CT molecular complexity index is 867. The minimum atomic E-state index is -3.32. The van der Waals surface area contributed by atoms with Gasteiger partial charge in [0.2, 0.25) is 10.0 Å². The molecule has 28 heavy (non-hydrogen) atoms. The number of amides is 1. The van der Waals surface area contributed by atoms with Crippen LogP contribution in [0.15, 0.2) is 54.6 Å². The normalized spacial score (nSPS) is 13.4. The third-order valence-corrected chi connectivity index (χ3v) is 5.77. The topological polar surface area (TPSA) is 75.7 Å². The highest BCUT2D eigenvalue weighted by molar-refractivity contribution is 7.92. The molecule has 0 aromatic heterocycles. The van der Waals surface area contributed by atoms with E-state index in [1.54, 1.807) is 24.3 Å². The molecule has 0 fully saturated rings. The van der Waals surface area contributed by atoms with Crippen molar-refractivity contribution in [2.24, 2.45) is 0 Å². The second-order valence-corrected chi connectivity index (χ2v) is 8.63. The highest BCUT2D eigenvalue weighted by Gasteiger charge is 2.22. The molecule has 0 saturated heterocycles. The molecule has 2 aromatic carbocycles. The maximum Gasteiger partial charge on any atom is 0.261 e. The fraction of sp³-hybridized carbons (Fsp3) is 0.381. The van der Waals surface area contributed by atoms with E-state index >= 15 is 0 Å². The number of anilines is 1. The number of nitrogens with zero attached hydrogens (tertiary/aromatic N) is 1. The van der Waals surface area contributed by atoms with E-state index in [1.807, 2.05) is 44.2 Å². The van der Waals surface area contributed by atoms with Crippen molar-refractivity contribution >= 4 is 21.6 Å². The maximum absolute atomic E-state index is 12.7. The fourth-order valence-electron chi connectivity index (χ4n) is 2.78. The van der Waals surface area contributed by atoms with Crippen molar-refractivity contribution in [3.05, 3.63) is 60.2 Å². The molecule has 2 atom stereocenters. The lowest BCUT2D eigenvalue weighted by Crippen LogP contribution is -2.39. The zero-order valence-corrected chi connectivity index (χ0v) is 17.6. The van der Waals surface area contributed by atoms with E-state index in [1.165, 1.54) is 11.4 Å². The minimum Gasteiger partial charge on any atom is -0.481 e. The summed E-state index contributed by atoms with van der Waals surface area (Å²) in [6.07, 6.45) is 1.81. The van der Waals surface area contributed by atoms with Crippen LogP contribution in [0.25, 0.3) is 0 Å². The van der Waals surface area contributed by atoms with Crippen LogP contribution in [0.2, 0.25) is 0 Å². The SMILES string of the molecule is CCC(Oc1ccc(N(C)S(C)(=O)=O)cc1)C(=O)NC(CC)c1ccccc1. The van der Waals surface area contributed by atoms with Crippen molar-refractivity contribution in [3.8, 4) is 5.75 Å². The van der Waals surface area contributed by atoms with E-state index in [4.69, 9.17) is 4.74 Å². The molecule has 0 saturated carbocycles. The van der Waals surface area contributed by atoms with Gasteiger partial charge in [0.1, 0.15) is 5.75 Å². The van der Waals surface area contributed by atoms with Gasteiger partial charge in [0.05, 0.1) is 18.0 Å². The van der Waals surface area contributed by atoms with Gasteiger partial charge in [-0.25, -0.2) is 8.42 Å². The highest BCUT2D eigenvalue weighted by Crippen LogP contribution is 2.22. The molecule has 0 aliphatic carbocycles. The molecule has 7 heteroatoms. The highest BCUT2D eigenvalue weighted by atomic mass is 32.2. The third kappa shape index (κ3) is 5.73. The molecule has 0 radical (unpaired) electrons. The largest absolute Gasteiger partial charge is 0.481 e. The molecule has 2 rings (SSSR count). The summed E-state index contributed by atoms with van der Waals surface area (Å²) in [6, 6.07) is 16.4. The van der Waals surface area contributed by atoms with Crippen molar-refractivity contribution < 1.29 is 17.9 Å². The van der Waals surface area contributed by atoms with Gasteiger partial charge in [-0.05, 0) is 42.7 Å². The number of carbonyl (C=O) groups is 1. The first-order valence-corrected chi connectivity index (χ1v) is 11.2. The zero-order valence-electron chi connectivity index (χ0n) is 16.8. The molecule has 6 nitrogen and oxygen atoms in total. The van der Waals surface area contributed by atoms with E-state index < -0.39 is 16.1 Å². The summed E-state index contributed by atoms with van der Waals surface area (Å²) in [5.41, 5.74) is 1.59. The average Bonchev–Trinajstić information content (AvgIpc) is 2.69. The van der Waals surface area contributed by atoms with Gasteiger partial charge in [-0.15, -0.1) is 0 Å². The number of ether oxygens (including phenoxy) is 1. The van der Waals surface area contributed by atoms with Crippen LogP contribution in [0.1, 0.15) is 38.3 Å². The third-order valence-electron chi connectivity index (χ3n) is 4.57. The summed E-state index contributed by atoms with van der Waals surface area (Å²) in [4.78, 5) is 12.7. The quantitative estimate of drug-likeness (QED) is 0.694. The van der Waals surface area contributed by atoms with E-state index in [0.717, 1.165) is 18.2 Å². The molecule has 0 aliphatic heterocycles. The van der Waals surface area contributed by atoms with Gasteiger partial charge in [-0.1, -0.05) is 44.2 Å². The number of nitrogens with one attached hydrogen (secondary N) is 1. The van der Waals surface area contributed by atoms with E-state index in [9.17, 15) is 13.2 Å². The van der Waals surface area contributed by atoms with Crippen LogP contribution >= 0.6 is 0 Å². The number of carbonyl (C=O) groups excluding carboxylic acids is 1. The zero-order chi connectivity index (χ0) is 20.7. The van der Waals surface area contributed by atoms with E-state index in [2.05, 4.69) is 5.32 Å². The second kappa shape index (κ2) is 9.59. The van der Waals surface area contributed by atoms with Crippen LogP contribution < -0.4 is 14.4 Å². The Morgan fingerprint density at radius 3 is 2.14 bits per heavy atom. The Morgan fingerprint density at radius 2 is 1.64 bits per heavy atom. The van der Waals surface area contributed by atoms with Crippen molar-refractivity contribution in [3.63, 3.8) is 0 Å². The molecule has 1 N–H and O–H groups in total. The van der Waals surface area contributed by atoms with Gasteiger partial charge in [-0.3, -0.25) is 9.10 Å². The van der Waals surface area contributed by atoms with Gasteiger partial charge in [0.15, 0.2) is 6.10 Å². The molecule has 0 aliphatic rings. The van der Waals surface area contributed by atoms with Gasteiger partial charge < -0.3 is 10.1 Å². The molecule has 1 amide bonds. The molecule has 0 spiro atoms. The minimum absolute atomic E-state index is 0.0721. The van der Waals surface area contributed by atoms with Crippen molar-refractivity contribution in [2.75, 3.05) is 17.6 Å². The summed E-state index contributed by atoms with van der Waals surface area (Å²) in [6.45, 7) is 3.91. The van der Waals surface area contributed by atoms with Crippen molar-refractivity contribution in [2.45, 2.75) is 38.8 Å². The Kier molecular flexibility index (Phi) is 7.45. The summed E-state index contributed by atoms with van der Waals surface area (Å²) in [5, 5.41) is 3.05. The Balaban J connectivity index is 2.05. The number of hydrogen-bond donors (Lipinski definition) is 1. The first-order chi connectivity index (χ1) is 13.3. The molecule has 2 unspecified atom stereocenters. The monoisotopic (exact) mass is 404 g/mol. The van der Waals surface area contributed by atoms with Gasteiger partial charge >= 0.3 is 0 Å². The van der Waals surface area contributed by atoms with Crippen LogP contribution in [0, 0.1) is 0 Å². The smallest absolute Gasteiger partial charge is 0.261 e. The lowest BCUT2D eigenvalue weighted by atomic mass is 10.0. The van der Waals surface area contributed by atoms with Crippen LogP contribution in [-0.4, -0.2) is 33.7 Å². The molecule has 0 bridgehead atoms. The van der Waals surface area contributed by atoms with Crippen LogP contribution in [0.5, 0.6) is 5.75 Å². The summed E-state index contributed by atoms with van der Waals surface area (Å²) >= 11 is 0. The molecular formula is C21H28N2O4S. The van der Waals surface area contributed by atoms with E-state index in [0.29, 0.717) is 17.9 Å². The van der Waals surface area contributed by atoms with Crippen LogP contribution in [0.4, 0.5) is 5.69 Å². The average molecular weight is 405 g/mol.